The fourth-order valence-corrected chi connectivity index (χ4v) is 1.94. The maximum atomic E-state index is 9.62. The van der Waals surface area contributed by atoms with Crippen LogP contribution in [0.4, 0.5) is 0 Å². The van der Waals surface area contributed by atoms with Crippen molar-refractivity contribution in [2.45, 2.75) is 18.9 Å². The highest BCUT2D eigenvalue weighted by Gasteiger charge is 2.23. The van der Waals surface area contributed by atoms with Crippen molar-refractivity contribution in [3.8, 4) is 22.6 Å². The number of aromatic hydroxyl groups is 1. The Balaban J connectivity index is 1.92. The van der Waals surface area contributed by atoms with Crippen LogP contribution in [0.3, 0.4) is 0 Å². The smallest absolute Gasteiger partial charge is 0.134 e. The first-order valence-corrected chi connectivity index (χ1v) is 6.36. The van der Waals surface area contributed by atoms with Crippen molar-refractivity contribution in [3.63, 3.8) is 0 Å². The average molecular weight is 261 g/mol. The lowest BCUT2D eigenvalue weighted by molar-refractivity contribution is 0.303. The summed E-state index contributed by atoms with van der Waals surface area (Å²) in [5.74, 6) is 0.979. The number of benzene rings is 2. The summed E-state index contributed by atoms with van der Waals surface area (Å²) in [5.41, 5.74) is 1.94. The van der Waals surface area contributed by atoms with Crippen molar-refractivity contribution in [2.75, 3.05) is 0 Å². The summed E-state index contributed by atoms with van der Waals surface area (Å²) in [6.45, 7) is 0. The van der Waals surface area contributed by atoms with Crippen LogP contribution in [-0.4, -0.2) is 11.2 Å². The highest BCUT2D eigenvalue weighted by atomic mass is 35.5. The Labute approximate surface area is 111 Å². The summed E-state index contributed by atoms with van der Waals surface area (Å²) in [7, 11) is 0. The number of phenols is 1. The molecule has 3 heteroatoms. The molecule has 2 aromatic carbocycles. The van der Waals surface area contributed by atoms with Crippen molar-refractivity contribution in [1.29, 1.82) is 0 Å². The van der Waals surface area contributed by atoms with E-state index in [-0.39, 0.29) is 5.75 Å². The van der Waals surface area contributed by atoms with Crippen LogP contribution >= 0.6 is 11.6 Å². The molecule has 3 rings (SSSR count). The van der Waals surface area contributed by atoms with E-state index in [0.717, 1.165) is 29.7 Å². The van der Waals surface area contributed by atoms with Gasteiger partial charge in [0.1, 0.15) is 11.5 Å². The molecule has 2 nitrogen and oxygen atoms in total. The Morgan fingerprint density at radius 1 is 1.06 bits per heavy atom. The van der Waals surface area contributed by atoms with Crippen LogP contribution in [-0.2, 0) is 0 Å². The third-order valence-electron chi connectivity index (χ3n) is 2.94. The molecule has 1 saturated carbocycles. The molecule has 92 valence electrons. The van der Waals surface area contributed by atoms with Crippen molar-refractivity contribution >= 4 is 11.6 Å². The van der Waals surface area contributed by atoms with Gasteiger partial charge >= 0.3 is 0 Å². The van der Waals surface area contributed by atoms with E-state index in [4.69, 9.17) is 16.3 Å². The van der Waals surface area contributed by atoms with Crippen molar-refractivity contribution in [3.05, 3.63) is 47.5 Å². The monoisotopic (exact) mass is 260 g/mol. The first-order valence-electron chi connectivity index (χ1n) is 5.98. The van der Waals surface area contributed by atoms with Crippen LogP contribution in [0.5, 0.6) is 11.5 Å². The Bertz CT molecular complexity index is 576. The van der Waals surface area contributed by atoms with Gasteiger partial charge in [-0.2, -0.15) is 0 Å². The van der Waals surface area contributed by atoms with Gasteiger partial charge in [-0.15, -0.1) is 0 Å². The number of hydrogen-bond acceptors (Lipinski definition) is 2. The zero-order chi connectivity index (χ0) is 12.5. The van der Waals surface area contributed by atoms with Gasteiger partial charge < -0.3 is 9.84 Å². The van der Waals surface area contributed by atoms with Gasteiger partial charge in [-0.1, -0.05) is 29.8 Å². The second kappa shape index (κ2) is 4.54. The van der Waals surface area contributed by atoms with Gasteiger partial charge in [-0.25, -0.2) is 0 Å². The Hall–Kier alpha value is -1.67. The molecular formula is C15H13ClO2. The molecule has 1 fully saturated rings. The summed E-state index contributed by atoms with van der Waals surface area (Å²) in [4.78, 5) is 0. The maximum Gasteiger partial charge on any atom is 0.134 e. The molecule has 2 aromatic rings. The standard InChI is InChI=1S/C15H13ClO2/c16-14-7-4-11(9-15(14)17)10-2-1-3-13(8-10)18-12-5-6-12/h1-4,7-9,12,17H,5-6H2. The number of rotatable bonds is 3. The fourth-order valence-electron chi connectivity index (χ4n) is 1.82. The van der Waals surface area contributed by atoms with Gasteiger partial charge in [-0.3, -0.25) is 0 Å². The lowest BCUT2D eigenvalue weighted by Gasteiger charge is -2.08. The van der Waals surface area contributed by atoms with E-state index in [0.29, 0.717) is 11.1 Å². The second-order valence-electron chi connectivity index (χ2n) is 4.51. The third kappa shape index (κ3) is 2.44. The second-order valence-corrected chi connectivity index (χ2v) is 4.92. The van der Waals surface area contributed by atoms with Crippen molar-refractivity contribution in [1.82, 2.24) is 0 Å². The average Bonchev–Trinajstić information content (AvgIpc) is 3.17. The van der Waals surface area contributed by atoms with Gasteiger partial charge in [0, 0.05) is 0 Å². The summed E-state index contributed by atoms with van der Waals surface area (Å²) in [6.07, 6.45) is 2.68. The summed E-state index contributed by atoms with van der Waals surface area (Å²) in [5, 5.41) is 9.99. The molecule has 0 saturated heterocycles. The van der Waals surface area contributed by atoms with E-state index in [1.54, 1.807) is 12.1 Å². The van der Waals surface area contributed by atoms with Crippen LogP contribution in [0.2, 0.25) is 5.02 Å². The SMILES string of the molecule is Oc1cc(-c2cccc(OC3CC3)c2)ccc1Cl. The number of halogens is 1. The molecular weight excluding hydrogens is 248 g/mol. The number of hydrogen-bond donors (Lipinski definition) is 1. The molecule has 1 aliphatic carbocycles. The number of ether oxygens (including phenoxy) is 1. The topological polar surface area (TPSA) is 29.5 Å². The minimum atomic E-state index is 0.0997. The number of phenolic OH excluding ortho intramolecular Hbond substituents is 1. The molecule has 0 amide bonds. The summed E-state index contributed by atoms with van der Waals surface area (Å²) >= 11 is 5.80. The van der Waals surface area contributed by atoms with Gasteiger partial charge in [0.05, 0.1) is 11.1 Å². The van der Waals surface area contributed by atoms with Crippen LogP contribution in [0, 0.1) is 0 Å². The van der Waals surface area contributed by atoms with Crippen LogP contribution in [0.25, 0.3) is 11.1 Å². The van der Waals surface area contributed by atoms with Crippen molar-refractivity contribution < 1.29 is 9.84 Å². The van der Waals surface area contributed by atoms with E-state index in [1.807, 2.05) is 30.3 Å². The molecule has 0 atom stereocenters. The molecule has 0 spiro atoms. The zero-order valence-electron chi connectivity index (χ0n) is 9.77. The first kappa shape index (κ1) is 11.4. The van der Waals surface area contributed by atoms with E-state index in [9.17, 15) is 5.11 Å². The molecule has 0 bridgehead atoms. The van der Waals surface area contributed by atoms with Gasteiger partial charge in [0.2, 0.25) is 0 Å². The molecule has 0 heterocycles. The predicted molar refractivity (Wildman–Crippen MR) is 72.2 cm³/mol. The Morgan fingerprint density at radius 2 is 1.83 bits per heavy atom. The third-order valence-corrected chi connectivity index (χ3v) is 3.26. The van der Waals surface area contributed by atoms with E-state index >= 15 is 0 Å². The molecule has 18 heavy (non-hydrogen) atoms. The predicted octanol–water partition coefficient (Wildman–Crippen LogP) is 4.25. The van der Waals surface area contributed by atoms with Gasteiger partial charge in [0.25, 0.3) is 0 Å². The van der Waals surface area contributed by atoms with Crippen LogP contribution in [0.1, 0.15) is 12.8 Å². The van der Waals surface area contributed by atoms with Crippen molar-refractivity contribution in [2.24, 2.45) is 0 Å². The Kier molecular flexibility index (Phi) is 2.88. The highest BCUT2D eigenvalue weighted by Crippen LogP contribution is 2.32. The first-order chi connectivity index (χ1) is 8.72. The van der Waals surface area contributed by atoms with Gasteiger partial charge in [-0.05, 0) is 48.2 Å². The highest BCUT2D eigenvalue weighted by molar-refractivity contribution is 6.32. The maximum absolute atomic E-state index is 9.62. The Morgan fingerprint density at radius 3 is 2.56 bits per heavy atom. The summed E-state index contributed by atoms with van der Waals surface area (Å²) < 4.78 is 5.75. The normalized spacial score (nSPS) is 14.5. The molecule has 1 aliphatic rings. The van der Waals surface area contributed by atoms with Crippen LogP contribution in [0.15, 0.2) is 42.5 Å². The minimum absolute atomic E-state index is 0.0997. The molecule has 0 unspecified atom stereocenters. The molecule has 1 N–H and O–H groups in total. The van der Waals surface area contributed by atoms with E-state index < -0.39 is 0 Å². The largest absolute Gasteiger partial charge is 0.506 e. The van der Waals surface area contributed by atoms with Crippen LogP contribution < -0.4 is 4.74 Å². The van der Waals surface area contributed by atoms with E-state index in [2.05, 4.69) is 0 Å². The molecule has 0 aliphatic heterocycles. The lowest BCUT2D eigenvalue weighted by atomic mass is 10.1. The quantitative estimate of drug-likeness (QED) is 0.894. The summed E-state index contributed by atoms with van der Waals surface area (Å²) in [6, 6.07) is 13.1. The minimum Gasteiger partial charge on any atom is -0.506 e. The molecule has 0 aromatic heterocycles. The van der Waals surface area contributed by atoms with E-state index in [1.165, 1.54) is 0 Å². The van der Waals surface area contributed by atoms with Gasteiger partial charge in [0.15, 0.2) is 0 Å². The zero-order valence-corrected chi connectivity index (χ0v) is 10.5. The lowest BCUT2D eigenvalue weighted by Crippen LogP contribution is -1.95. The molecule has 0 radical (unpaired) electrons. The fraction of sp³-hybridized carbons (Fsp3) is 0.200.